The minimum atomic E-state index is -0.476. The van der Waals surface area contributed by atoms with Crippen LogP contribution in [0.15, 0.2) is 40.9 Å². The van der Waals surface area contributed by atoms with E-state index in [1.165, 1.54) is 12.1 Å². The van der Waals surface area contributed by atoms with E-state index in [-0.39, 0.29) is 5.69 Å². The number of nitrogen functional groups attached to an aromatic ring is 1. The van der Waals surface area contributed by atoms with Gasteiger partial charge in [-0.2, -0.15) is 0 Å². The average Bonchev–Trinajstić information content (AvgIpc) is 2.80. The molecule has 7 heteroatoms. The Labute approximate surface area is 121 Å². The lowest BCUT2D eigenvalue weighted by atomic mass is 10.1. The molecule has 20 heavy (non-hydrogen) atoms. The zero-order valence-corrected chi connectivity index (χ0v) is 11.7. The number of non-ortho nitro benzene ring substituents is 1. The van der Waals surface area contributed by atoms with Gasteiger partial charge in [-0.1, -0.05) is 15.9 Å². The van der Waals surface area contributed by atoms with Crippen LogP contribution in [0.25, 0.3) is 22.4 Å². The van der Waals surface area contributed by atoms with Crippen LogP contribution < -0.4 is 5.73 Å². The van der Waals surface area contributed by atoms with E-state index in [1.54, 1.807) is 6.07 Å². The number of hydrogen-bond donors (Lipinski definition) is 2. The molecule has 0 unspecified atom stereocenters. The molecular weight excluding hydrogens is 324 g/mol. The first-order valence-corrected chi connectivity index (χ1v) is 6.53. The zero-order valence-electron chi connectivity index (χ0n) is 10.1. The Hall–Kier alpha value is -2.41. The fourth-order valence-electron chi connectivity index (χ4n) is 1.99. The van der Waals surface area contributed by atoms with Crippen molar-refractivity contribution < 1.29 is 4.92 Å². The number of nitrogens with zero attached hydrogens (tertiary/aromatic N) is 2. The molecule has 1 aromatic heterocycles. The highest BCUT2D eigenvalue weighted by atomic mass is 79.9. The summed E-state index contributed by atoms with van der Waals surface area (Å²) >= 11 is 3.39. The number of anilines is 1. The van der Waals surface area contributed by atoms with Crippen LogP contribution in [-0.4, -0.2) is 14.9 Å². The molecule has 0 aliphatic rings. The predicted octanol–water partition coefficient (Wildman–Crippen LogP) is 3.48. The number of nitrogens with two attached hydrogens (primary N) is 1. The van der Waals surface area contributed by atoms with Crippen LogP contribution >= 0.6 is 15.9 Å². The molecule has 3 aromatic rings. The van der Waals surface area contributed by atoms with Crippen LogP contribution in [0.4, 0.5) is 11.4 Å². The standard InChI is InChI=1S/C13H9BrN4O2/c14-7-1-4-11-12(5-7)17-13(16-11)9-3-2-8(18(19)20)6-10(9)15/h1-6H,15H2,(H,16,17). The zero-order chi connectivity index (χ0) is 14.3. The van der Waals surface area contributed by atoms with Gasteiger partial charge in [0.2, 0.25) is 0 Å². The Bertz CT molecular complexity index is 828. The second kappa shape index (κ2) is 4.61. The molecule has 2 aromatic carbocycles. The van der Waals surface area contributed by atoms with Crippen LogP contribution in [0.3, 0.4) is 0 Å². The minimum Gasteiger partial charge on any atom is -0.398 e. The van der Waals surface area contributed by atoms with Gasteiger partial charge in [-0.15, -0.1) is 0 Å². The number of benzene rings is 2. The summed E-state index contributed by atoms with van der Waals surface area (Å²) in [5, 5.41) is 10.7. The molecule has 0 amide bonds. The molecule has 0 saturated carbocycles. The van der Waals surface area contributed by atoms with E-state index in [0.717, 1.165) is 15.5 Å². The first kappa shape index (κ1) is 12.6. The van der Waals surface area contributed by atoms with Crippen molar-refractivity contribution in [1.82, 2.24) is 9.97 Å². The van der Waals surface area contributed by atoms with Gasteiger partial charge < -0.3 is 10.7 Å². The highest BCUT2D eigenvalue weighted by Crippen LogP contribution is 2.29. The monoisotopic (exact) mass is 332 g/mol. The largest absolute Gasteiger partial charge is 0.398 e. The Morgan fingerprint density at radius 1 is 1.25 bits per heavy atom. The number of aromatic amines is 1. The van der Waals surface area contributed by atoms with Crippen molar-refractivity contribution >= 4 is 38.3 Å². The number of fused-ring (bicyclic) bond motifs is 1. The summed E-state index contributed by atoms with van der Waals surface area (Å²) in [5.74, 6) is 0.588. The number of nitrogens with one attached hydrogen (secondary N) is 1. The summed E-state index contributed by atoms with van der Waals surface area (Å²) in [6, 6.07) is 10.0. The van der Waals surface area contributed by atoms with Gasteiger partial charge in [-0.05, 0) is 24.3 Å². The third-order valence-electron chi connectivity index (χ3n) is 2.95. The maximum absolute atomic E-state index is 10.7. The van der Waals surface area contributed by atoms with Crippen molar-refractivity contribution in [3.05, 3.63) is 51.0 Å². The fourth-order valence-corrected chi connectivity index (χ4v) is 2.35. The number of halogens is 1. The SMILES string of the molecule is Nc1cc([N+](=O)[O-])ccc1-c1nc2ccc(Br)cc2[nH]1. The topological polar surface area (TPSA) is 97.8 Å². The summed E-state index contributed by atoms with van der Waals surface area (Å²) in [6.07, 6.45) is 0. The van der Waals surface area contributed by atoms with Crippen molar-refractivity contribution in [3.8, 4) is 11.4 Å². The molecule has 3 rings (SSSR count). The van der Waals surface area contributed by atoms with Crippen molar-refractivity contribution in [3.63, 3.8) is 0 Å². The van der Waals surface area contributed by atoms with E-state index in [4.69, 9.17) is 5.73 Å². The molecule has 0 saturated heterocycles. The highest BCUT2D eigenvalue weighted by Gasteiger charge is 2.13. The first-order chi connectivity index (χ1) is 9.54. The van der Waals surface area contributed by atoms with Crippen LogP contribution in [0, 0.1) is 10.1 Å². The molecule has 6 nitrogen and oxygen atoms in total. The molecule has 0 radical (unpaired) electrons. The number of aromatic nitrogens is 2. The van der Waals surface area contributed by atoms with E-state index in [1.807, 2.05) is 18.2 Å². The number of imidazole rings is 1. The van der Waals surface area contributed by atoms with Gasteiger partial charge in [-0.3, -0.25) is 10.1 Å². The molecule has 0 fully saturated rings. The van der Waals surface area contributed by atoms with Gasteiger partial charge in [0.25, 0.3) is 5.69 Å². The predicted molar refractivity (Wildman–Crippen MR) is 80.3 cm³/mol. The van der Waals surface area contributed by atoms with Crippen LogP contribution in [-0.2, 0) is 0 Å². The van der Waals surface area contributed by atoms with Crippen molar-refractivity contribution in [2.75, 3.05) is 5.73 Å². The third-order valence-corrected chi connectivity index (χ3v) is 3.44. The Morgan fingerprint density at radius 3 is 2.75 bits per heavy atom. The molecule has 0 aliphatic heterocycles. The van der Waals surface area contributed by atoms with Crippen LogP contribution in [0.5, 0.6) is 0 Å². The van der Waals surface area contributed by atoms with Gasteiger partial charge in [0.1, 0.15) is 5.82 Å². The lowest BCUT2D eigenvalue weighted by Gasteiger charge is -2.01. The summed E-state index contributed by atoms with van der Waals surface area (Å²) in [4.78, 5) is 17.8. The smallest absolute Gasteiger partial charge is 0.271 e. The summed E-state index contributed by atoms with van der Waals surface area (Å²) in [5.41, 5.74) is 8.46. The summed E-state index contributed by atoms with van der Waals surface area (Å²) in [7, 11) is 0. The van der Waals surface area contributed by atoms with Gasteiger partial charge in [0.05, 0.1) is 16.0 Å². The number of nitro benzene ring substituents is 1. The number of rotatable bonds is 2. The van der Waals surface area contributed by atoms with E-state index in [9.17, 15) is 10.1 Å². The van der Waals surface area contributed by atoms with Crippen LogP contribution in [0.2, 0.25) is 0 Å². The lowest BCUT2D eigenvalue weighted by Crippen LogP contribution is -1.94. The normalized spacial score (nSPS) is 10.8. The van der Waals surface area contributed by atoms with Crippen molar-refractivity contribution in [2.24, 2.45) is 0 Å². The maximum atomic E-state index is 10.7. The Balaban J connectivity index is 2.13. The van der Waals surface area contributed by atoms with Crippen molar-refractivity contribution in [2.45, 2.75) is 0 Å². The number of H-pyrrole nitrogens is 1. The maximum Gasteiger partial charge on any atom is 0.271 e. The Kier molecular flexibility index (Phi) is 2.90. The van der Waals surface area contributed by atoms with Crippen LogP contribution in [0.1, 0.15) is 0 Å². The van der Waals surface area contributed by atoms with Crippen molar-refractivity contribution in [1.29, 1.82) is 0 Å². The van der Waals surface area contributed by atoms with Gasteiger partial charge in [-0.25, -0.2) is 4.98 Å². The average molecular weight is 333 g/mol. The molecule has 0 aliphatic carbocycles. The molecule has 1 heterocycles. The minimum absolute atomic E-state index is 0.0369. The second-order valence-electron chi connectivity index (χ2n) is 4.28. The molecular formula is C13H9BrN4O2. The lowest BCUT2D eigenvalue weighted by molar-refractivity contribution is -0.384. The highest BCUT2D eigenvalue weighted by molar-refractivity contribution is 9.10. The number of hydrogen-bond acceptors (Lipinski definition) is 4. The third kappa shape index (κ3) is 2.12. The van der Waals surface area contributed by atoms with Gasteiger partial charge in [0, 0.05) is 27.9 Å². The molecule has 3 N–H and O–H groups in total. The second-order valence-corrected chi connectivity index (χ2v) is 5.19. The van der Waals surface area contributed by atoms with Gasteiger partial charge in [0.15, 0.2) is 0 Å². The number of nitro groups is 1. The summed E-state index contributed by atoms with van der Waals surface area (Å²) in [6.45, 7) is 0. The molecule has 100 valence electrons. The molecule has 0 bridgehead atoms. The Morgan fingerprint density at radius 2 is 2.05 bits per heavy atom. The summed E-state index contributed by atoms with van der Waals surface area (Å²) < 4.78 is 0.942. The molecule has 0 atom stereocenters. The van der Waals surface area contributed by atoms with E-state index < -0.39 is 4.92 Å². The van der Waals surface area contributed by atoms with E-state index in [0.29, 0.717) is 17.1 Å². The first-order valence-electron chi connectivity index (χ1n) is 5.74. The van der Waals surface area contributed by atoms with E-state index in [2.05, 4.69) is 25.9 Å². The fraction of sp³-hybridized carbons (Fsp3) is 0. The molecule has 0 spiro atoms. The quantitative estimate of drug-likeness (QED) is 0.426. The van der Waals surface area contributed by atoms with Gasteiger partial charge >= 0.3 is 0 Å². The van der Waals surface area contributed by atoms with E-state index >= 15 is 0 Å².